The minimum absolute atomic E-state index is 0.0288. The van der Waals surface area contributed by atoms with Crippen molar-refractivity contribution in [1.29, 1.82) is 5.26 Å². The second kappa shape index (κ2) is 9.54. The number of carbonyl (C=O) groups excluding carboxylic acids is 1. The summed E-state index contributed by atoms with van der Waals surface area (Å²) in [5, 5.41) is 12.6. The van der Waals surface area contributed by atoms with E-state index in [4.69, 9.17) is 5.26 Å². The highest BCUT2D eigenvalue weighted by Crippen LogP contribution is 2.31. The fourth-order valence-corrected chi connectivity index (χ4v) is 3.75. The van der Waals surface area contributed by atoms with Crippen LogP contribution in [-0.4, -0.2) is 20.5 Å². The molecule has 0 aliphatic rings. The maximum atomic E-state index is 12.9. The molecule has 1 amide bonds. The molecule has 0 saturated carbocycles. The number of nitrogens with zero attached hydrogens (tertiary/aromatic N) is 2. The standard InChI is InChI=1S/C22H15F3N4O3S/c23-22(24,25)18-4-2-5-19(12-18)29-33(31,32)20-6-1-3-17(11-20)21(30)28-27-14-16-9-7-15(13-26)8-10-16/h1-12,14,29H,(H,28,30). The van der Waals surface area contributed by atoms with E-state index in [1.165, 1.54) is 30.5 Å². The zero-order valence-corrected chi connectivity index (χ0v) is 17.5. The van der Waals surface area contributed by atoms with Gasteiger partial charge in [-0.25, -0.2) is 13.8 Å². The molecule has 11 heteroatoms. The van der Waals surface area contributed by atoms with Crippen LogP contribution in [0.5, 0.6) is 0 Å². The van der Waals surface area contributed by atoms with Crippen LogP contribution in [0.2, 0.25) is 0 Å². The lowest BCUT2D eigenvalue weighted by atomic mass is 10.2. The van der Waals surface area contributed by atoms with Gasteiger partial charge in [0.1, 0.15) is 0 Å². The average molecular weight is 472 g/mol. The van der Waals surface area contributed by atoms with E-state index in [2.05, 4.69) is 15.2 Å². The topological polar surface area (TPSA) is 111 Å². The van der Waals surface area contributed by atoms with Gasteiger partial charge in [0.05, 0.1) is 28.3 Å². The third-order valence-electron chi connectivity index (χ3n) is 4.27. The van der Waals surface area contributed by atoms with Crippen LogP contribution in [0, 0.1) is 11.3 Å². The van der Waals surface area contributed by atoms with E-state index in [9.17, 15) is 26.4 Å². The third kappa shape index (κ3) is 6.18. The van der Waals surface area contributed by atoms with Gasteiger partial charge in [0.2, 0.25) is 0 Å². The summed E-state index contributed by atoms with van der Waals surface area (Å²) >= 11 is 0. The number of rotatable bonds is 6. The largest absolute Gasteiger partial charge is 0.416 e. The van der Waals surface area contributed by atoms with Gasteiger partial charge in [-0.2, -0.15) is 23.5 Å². The van der Waals surface area contributed by atoms with Gasteiger partial charge in [-0.3, -0.25) is 9.52 Å². The number of halogens is 3. The number of hydrogen-bond acceptors (Lipinski definition) is 5. The van der Waals surface area contributed by atoms with Gasteiger partial charge >= 0.3 is 6.18 Å². The van der Waals surface area contributed by atoms with E-state index in [-0.39, 0.29) is 16.1 Å². The molecule has 0 aliphatic carbocycles. The Kier molecular flexibility index (Phi) is 6.79. The lowest BCUT2D eigenvalue weighted by Crippen LogP contribution is -2.19. The minimum Gasteiger partial charge on any atom is -0.280 e. The van der Waals surface area contributed by atoms with Crippen LogP contribution in [0.25, 0.3) is 0 Å². The summed E-state index contributed by atoms with van der Waals surface area (Å²) in [7, 11) is -4.26. The van der Waals surface area contributed by atoms with Crippen LogP contribution in [0.15, 0.2) is 82.8 Å². The zero-order valence-electron chi connectivity index (χ0n) is 16.7. The normalized spacial score (nSPS) is 11.7. The molecule has 7 nitrogen and oxygen atoms in total. The molecule has 0 atom stereocenters. The van der Waals surface area contributed by atoms with Crippen molar-refractivity contribution in [3.05, 3.63) is 95.1 Å². The first-order chi connectivity index (χ1) is 15.6. The Balaban J connectivity index is 1.73. The molecule has 0 unspecified atom stereocenters. The summed E-state index contributed by atoms with van der Waals surface area (Å²) in [5.41, 5.74) is 2.04. The second-order valence-corrected chi connectivity index (χ2v) is 8.33. The Hall–Kier alpha value is -4.17. The molecule has 0 fully saturated rings. The average Bonchev–Trinajstić information content (AvgIpc) is 2.79. The van der Waals surface area contributed by atoms with Crippen molar-refractivity contribution < 1.29 is 26.4 Å². The number of nitriles is 1. The number of anilines is 1. The maximum Gasteiger partial charge on any atom is 0.416 e. The number of nitrogens with one attached hydrogen (secondary N) is 2. The van der Waals surface area contributed by atoms with Crippen LogP contribution in [0.4, 0.5) is 18.9 Å². The van der Waals surface area contributed by atoms with Crippen LogP contribution in [0.1, 0.15) is 27.0 Å². The van der Waals surface area contributed by atoms with Crippen LogP contribution < -0.4 is 10.1 Å². The van der Waals surface area contributed by atoms with Gasteiger partial charge in [-0.15, -0.1) is 0 Å². The molecule has 0 bridgehead atoms. The van der Waals surface area contributed by atoms with E-state index >= 15 is 0 Å². The molecule has 168 valence electrons. The van der Waals surface area contributed by atoms with Gasteiger partial charge in [0.25, 0.3) is 15.9 Å². The maximum absolute atomic E-state index is 12.9. The van der Waals surface area contributed by atoms with Crippen molar-refractivity contribution >= 4 is 27.8 Å². The third-order valence-corrected chi connectivity index (χ3v) is 5.65. The summed E-state index contributed by atoms with van der Waals surface area (Å²) in [6.45, 7) is 0. The van der Waals surface area contributed by atoms with Crippen molar-refractivity contribution in [3.8, 4) is 6.07 Å². The van der Waals surface area contributed by atoms with Gasteiger partial charge in [-0.05, 0) is 54.1 Å². The smallest absolute Gasteiger partial charge is 0.280 e. The van der Waals surface area contributed by atoms with E-state index in [1.54, 1.807) is 24.3 Å². The minimum atomic E-state index is -4.63. The molecule has 33 heavy (non-hydrogen) atoms. The highest BCUT2D eigenvalue weighted by atomic mass is 32.2. The number of benzene rings is 3. The highest BCUT2D eigenvalue weighted by Gasteiger charge is 2.30. The van der Waals surface area contributed by atoms with Gasteiger partial charge in [0, 0.05) is 11.3 Å². The number of hydrogen-bond donors (Lipinski definition) is 2. The first-order valence-corrected chi connectivity index (χ1v) is 10.7. The summed E-state index contributed by atoms with van der Waals surface area (Å²) in [6.07, 6.45) is -3.29. The van der Waals surface area contributed by atoms with Gasteiger partial charge in [-0.1, -0.05) is 24.3 Å². The fraction of sp³-hybridized carbons (Fsp3) is 0.0455. The number of alkyl halides is 3. The van der Waals surface area contributed by atoms with Crippen molar-refractivity contribution in [2.45, 2.75) is 11.1 Å². The van der Waals surface area contributed by atoms with Crippen molar-refractivity contribution in [2.75, 3.05) is 4.72 Å². The lowest BCUT2D eigenvalue weighted by Gasteiger charge is -2.12. The summed E-state index contributed by atoms with van der Waals surface area (Å²) in [4.78, 5) is 12.0. The molecule has 0 radical (unpaired) electrons. The Morgan fingerprint density at radius 2 is 1.70 bits per heavy atom. The van der Waals surface area contributed by atoms with E-state index in [0.717, 1.165) is 18.2 Å². The summed E-state index contributed by atoms with van der Waals surface area (Å²) in [6, 6.07) is 17.1. The van der Waals surface area contributed by atoms with Crippen LogP contribution in [-0.2, 0) is 16.2 Å². The van der Waals surface area contributed by atoms with Crippen molar-refractivity contribution in [2.24, 2.45) is 5.10 Å². The molecular weight excluding hydrogens is 457 g/mol. The molecule has 0 aromatic heterocycles. The van der Waals surface area contributed by atoms with E-state index in [0.29, 0.717) is 17.2 Å². The predicted molar refractivity (Wildman–Crippen MR) is 115 cm³/mol. The lowest BCUT2D eigenvalue weighted by molar-refractivity contribution is -0.137. The van der Waals surface area contributed by atoms with Gasteiger partial charge in [0.15, 0.2) is 0 Å². The monoisotopic (exact) mass is 472 g/mol. The number of sulfonamides is 1. The summed E-state index contributed by atoms with van der Waals surface area (Å²) in [5.74, 6) is -0.698. The molecule has 2 N–H and O–H groups in total. The molecule has 0 aliphatic heterocycles. The number of hydrazone groups is 1. The fourth-order valence-electron chi connectivity index (χ4n) is 2.65. The first-order valence-electron chi connectivity index (χ1n) is 9.22. The Morgan fingerprint density at radius 3 is 2.36 bits per heavy atom. The molecule has 0 heterocycles. The highest BCUT2D eigenvalue weighted by molar-refractivity contribution is 7.92. The van der Waals surface area contributed by atoms with E-state index in [1.807, 2.05) is 6.07 Å². The number of carbonyl (C=O) groups is 1. The Bertz CT molecular complexity index is 1350. The molecule has 3 aromatic carbocycles. The SMILES string of the molecule is N#Cc1ccc(C=NNC(=O)c2cccc(S(=O)(=O)Nc3cccc(C(F)(F)F)c3)c2)cc1. The van der Waals surface area contributed by atoms with Crippen molar-refractivity contribution in [3.63, 3.8) is 0 Å². The van der Waals surface area contributed by atoms with Gasteiger partial charge < -0.3 is 0 Å². The predicted octanol–water partition coefficient (Wildman–Crippen LogP) is 4.14. The number of amides is 1. The first kappa shape index (κ1) is 23.5. The molecule has 3 aromatic rings. The second-order valence-electron chi connectivity index (χ2n) is 6.64. The molecule has 3 rings (SSSR count). The van der Waals surface area contributed by atoms with Crippen LogP contribution in [0.3, 0.4) is 0 Å². The molecule has 0 spiro atoms. The van der Waals surface area contributed by atoms with Crippen molar-refractivity contribution in [1.82, 2.24) is 5.43 Å². The van der Waals surface area contributed by atoms with E-state index < -0.39 is 27.7 Å². The molecule has 0 saturated heterocycles. The summed E-state index contributed by atoms with van der Waals surface area (Å²) < 4.78 is 65.9. The quantitative estimate of drug-likeness (QED) is 0.415. The zero-order chi connectivity index (χ0) is 24.1. The Labute approximate surface area is 187 Å². The molecular formula is C22H15F3N4O3S. The van der Waals surface area contributed by atoms with Crippen LogP contribution >= 0.6 is 0 Å². The Morgan fingerprint density at radius 1 is 1.00 bits per heavy atom.